The van der Waals surface area contributed by atoms with Crippen LogP contribution in [-0.2, 0) is 15.6 Å². The quantitative estimate of drug-likeness (QED) is 0.547. The maximum Gasteiger partial charge on any atom is 0.261 e. The molecule has 4 rings (SSSR count). The number of carbonyl (C=O) groups is 1. The van der Waals surface area contributed by atoms with E-state index in [9.17, 15) is 13.2 Å². The van der Waals surface area contributed by atoms with Gasteiger partial charge in [0.2, 0.25) is 0 Å². The molecule has 6 nitrogen and oxygen atoms in total. The Bertz CT molecular complexity index is 1190. The van der Waals surface area contributed by atoms with Crippen LogP contribution in [0.5, 0.6) is 5.75 Å². The smallest absolute Gasteiger partial charge is 0.261 e. The minimum Gasteiger partial charge on any atom is -0.497 e. The van der Waals surface area contributed by atoms with Crippen LogP contribution in [0.15, 0.2) is 83.8 Å². The van der Waals surface area contributed by atoms with E-state index >= 15 is 0 Å². The molecule has 0 aliphatic heterocycles. The van der Waals surface area contributed by atoms with Gasteiger partial charge in [-0.2, -0.15) is 0 Å². The summed E-state index contributed by atoms with van der Waals surface area (Å²) in [4.78, 5) is 13.3. The molecular formula is C25H26N2O4S. The van der Waals surface area contributed by atoms with Crippen LogP contribution in [0.25, 0.3) is 0 Å². The van der Waals surface area contributed by atoms with Crippen molar-refractivity contribution >= 4 is 21.6 Å². The fourth-order valence-electron chi connectivity index (χ4n) is 4.20. The zero-order chi connectivity index (χ0) is 22.6. The van der Waals surface area contributed by atoms with Gasteiger partial charge < -0.3 is 10.1 Å². The van der Waals surface area contributed by atoms with Crippen molar-refractivity contribution < 1.29 is 17.9 Å². The standard InChI is InChI=1S/C25H26N2O4S/c1-31-22-14-12-20(13-15-22)25(16-5-6-17-25)26-24(28)19-8-7-9-21(18-19)27-32(29,30)23-10-3-2-4-11-23/h2-4,7-15,18,27H,5-6,16-17H2,1H3,(H,26,28). The Balaban J connectivity index is 1.55. The molecule has 32 heavy (non-hydrogen) atoms. The van der Waals surface area contributed by atoms with Crippen molar-refractivity contribution in [1.82, 2.24) is 5.32 Å². The molecule has 0 aromatic heterocycles. The summed E-state index contributed by atoms with van der Waals surface area (Å²) in [6.07, 6.45) is 3.77. The number of benzene rings is 3. The molecule has 1 saturated carbocycles. The van der Waals surface area contributed by atoms with Gasteiger partial charge in [-0.05, 0) is 60.9 Å². The Labute approximate surface area is 188 Å². The third kappa shape index (κ3) is 4.62. The SMILES string of the molecule is COc1ccc(C2(NC(=O)c3cccc(NS(=O)(=O)c4ccccc4)c3)CCCC2)cc1. The number of methoxy groups -OCH3 is 1. The van der Waals surface area contributed by atoms with Crippen LogP contribution in [0, 0.1) is 0 Å². The molecule has 0 heterocycles. The van der Waals surface area contributed by atoms with E-state index in [2.05, 4.69) is 10.0 Å². The van der Waals surface area contributed by atoms with E-state index < -0.39 is 15.6 Å². The minimum absolute atomic E-state index is 0.166. The van der Waals surface area contributed by atoms with Gasteiger partial charge in [-0.25, -0.2) is 8.42 Å². The molecule has 0 bridgehead atoms. The maximum atomic E-state index is 13.2. The van der Waals surface area contributed by atoms with E-state index in [1.807, 2.05) is 24.3 Å². The van der Waals surface area contributed by atoms with E-state index in [1.165, 1.54) is 12.1 Å². The molecule has 0 radical (unpaired) electrons. The van der Waals surface area contributed by atoms with Gasteiger partial charge in [0.05, 0.1) is 17.5 Å². The third-order valence-corrected chi connectivity index (χ3v) is 7.28. The van der Waals surface area contributed by atoms with Gasteiger partial charge >= 0.3 is 0 Å². The van der Waals surface area contributed by atoms with Gasteiger partial charge in [-0.1, -0.05) is 49.2 Å². The Morgan fingerprint density at radius 3 is 2.25 bits per heavy atom. The predicted molar refractivity (Wildman–Crippen MR) is 124 cm³/mol. The van der Waals surface area contributed by atoms with Crippen molar-refractivity contribution in [2.24, 2.45) is 0 Å². The highest BCUT2D eigenvalue weighted by Crippen LogP contribution is 2.39. The fourth-order valence-corrected chi connectivity index (χ4v) is 5.27. The monoisotopic (exact) mass is 450 g/mol. The van der Waals surface area contributed by atoms with Crippen LogP contribution in [0.2, 0.25) is 0 Å². The van der Waals surface area contributed by atoms with Gasteiger partial charge in [-0.3, -0.25) is 9.52 Å². The van der Waals surface area contributed by atoms with Gasteiger partial charge in [0.25, 0.3) is 15.9 Å². The van der Waals surface area contributed by atoms with Crippen LogP contribution < -0.4 is 14.8 Å². The Kier molecular flexibility index (Phi) is 6.19. The second-order valence-electron chi connectivity index (χ2n) is 7.97. The number of ether oxygens (including phenoxy) is 1. The molecule has 3 aromatic carbocycles. The summed E-state index contributed by atoms with van der Waals surface area (Å²) in [5, 5.41) is 3.23. The zero-order valence-electron chi connectivity index (χ0n) is 17.9. The molecule has 1 aliphatic rings. The second-order valence-corrected chi connectivity index (χ2v) is 9.65. The first-order chi connectivity index (χ1) is 15.4. The lowest BCUT2D eigenvalue weighted by atomic mass is 9.87. The number of hydrogen-bond donors (Lipinski definition) is 2. The largest absolute Gasteiger partial charge is 0.497 e. The molecule has 3 aromatic rings. The van der Waals surface area contributed by atoms with Crippen molar-refractivity contribution in [2.75, 3.05) is 11.8 Å². The van der Waals surface area contributed by atoms with E-state index in [0.717, 1.165) is 37.0 Å². The van der Waals surface area contributed by atoms with Crippen LogP contribution in [0.4, 0.5) is 5.69 Å². The van der Waals surface area contributed by atoms with Crippen molar-refractivity contribution in [1.29, 1.82) is 0 Å². The number of hydrogen-bond acceptors (Lipinski definition) is 4. The first kappa shape index (κ1) is 21.9. The first-order valence-electron chi connectivity index (χ1n) is 10.6. The highest BCUT2D eigenvalue weighted by Gasteiger charge is 2.37. The third-order valence-electron chi connectivity index (χ3n) is 5.88. The minimum atomic E-state index is -3.73. The molecule has 1 aliphatic carbocycles. The van der Waals surface area contributed by atoms with E-state index in [1.54, 1.807) is 49.6 Å². The molecule has 0 saturated heterocycles. The number of sulfonamides is 1. The molecule has 1 fully saturated rings. The van der Waals surface area contributed by atoms with Crippen LogP contribution in [0.1, 0.15) is 41.6 Å². The summed E-state index contributed by atoms with van der Waals surface area (Å²) in [6.45, 7) is 0. The van der Waals surface area contributed by atoms with Crippen molar-refractivity contribution in [3.05, 3.63) is 90.0 Å². The summed E-state index contributed by atoms with van der Waals surface area (Å²) in [7, 11) is -2.11. The van der Waals surface area contributed by atoms with Crippen LogP contribution in [0.3, 0.4) is 0 Å². The lowest BCUT2D eigenvalue weighted by Crippen LogP contribution is -2.43. The summed E-state index contributed by atoms with van der Waals surface area (Å²) >= 11 is 0. The van der Waals surface area contributed by atoms with Crippen molar-refractivity contribution in [3.63, 3.8) is 0 Å². The van der Waals surface area contributed by atoms with Crippen molar-refractivity contribution in [3.8, 4) is 5.75 Å². The lowest BCUT2D eigenvalue weighted by Gasteiger charge is -2.31. The van der Waals surface area contributed by atoms with Gasteiger partial charge in [-0.15, -0.1) is 0 Å². The molecule has 0 unspecified atom stereocenters. The molecule has 7 heteroatoms. The van der Waals surface area contributed by atoms with E-state index in [4.69, 9.17) is 4.74 Å². The van der Waals surface area contributed by atoms with Crippen LogP contribution in [-0.4, -0.2) is 21.4 Å². The Hall–Kier alpha value is -3.32. The average molecular weight is 451 g/mol. The maximum absolute atomic E-state index is 13.2. The van der Waals surface area contributed by atoms with Crippen LogP contribution >= 0.6 is 0 Å². The Morgan fingerprint density at radius 1 is 0.906 bits per heavy atom. The van der Waals surface area contributed by atoms with E-state index in [-0.39, 0.29) is 10.8 Å². The zero-order valence-corrected chi connectivity index (χ0v) is 18.7. The van der Waals surface area contributed by atoms with Gasteiger partial charge in [0.15, 0.2) is 0 Å². The number of nitrogens with one attached hydrogen (secondary N) is 2. The molecule has 1 amide bonds. The molecule has 0 spiro atoms. The number of rotatable bonds is 7. The second kappa shape index (κ2) is 9.04. The first-order valence-corrected chi connectivity index (χ1v) is 12.1. The fraction of sp³-hybridized carbons (Fsp3) is 0.240. The summed E-state index contributed by atoms with van der Waals surface area (Å²) in [5.41, 5.74) is 1.35. The predicted octanol–water partition coefficient (Wildman–Crippen LogP) is 4.70. The Morgan fingerprint density at radius 2 is 1.59 bits per heavy atom. The summed E-state index contributed by atoms with van der Waals surface area (Å²) in [5.74, 6) is 0.537. The van der Waals surface area contributed by atoms with Gasteiger partial charge in [0.1, 0.15) is 5.75 Å². The van der Waals surface area contributed by atoms with Gasteiger partial charge in [0, 0.05) is 11.3 Å². The number of carbonyl (C=O) groups excluding carboxylic acids is 1. The molecule has 2 N–H and O–H groups in total. The topological polar surface area (TPSA) is 84.5 Å². The normalized spacial score (nSPS) is 15.2. The lowest BCUT2D eigenvalue weighted by molar-refractivity contribution is 0.0898. The number of anilines is 1. The highest BCUT2D eigenvalue weighted by atomic mass is 32.2. The average Bonchev–Trinajstić information content (AvgIpc) is 3.29. The summed E-state index contributed by atoms with van der Waals surface area (Å²) in [6, 6.07) is 22.5. The molecular weight excluding hydrogens is 424 g/mol. The summed E-state index contributed by atoms with van der Waals surface area (Å²) < 4.78 is 33.1. The molecule has 166 valence electrons. The van der Waals surface area contributed by atoms with E-state index in [0.29, 0.717) is 11.3 Å². The highest BCUT2D eigenvalue weighted by molar-refractivity contribution is 7.92. The number of amides is 1. The molecule has 0 atom stereocenters. The van der Waals surface area contributed by atoms with Crippen molar-refractivity contribution in [2.45, 2.75) is 36.1 Å².